The van der Waals surface area contributed by atoms with Crippen molar-refractivity contribution < 1.29 is 47.1 Å². The van der Waals surface area contributed by atoms with Crippen molar-refractivity contribution in [2.75, 3.05) is 0 Å². The summed E-state index contributed by atoms with van der Waals surface area (Å²) in [6.07, 6.45) is -2.08. The SMILES string of the molecule is C[C@@H](O)[C@H](N)C(=O)[O-].C[C@@H](O)[C@H](N)C(=O)[O-].[Cu+2]. The van der Waals surface area contributed by atoms with Gasteiger partial charge in [-0.25, -0.2) is 0 Å². The maximum atomic E-state index is 9.74. The first-order valence-corrected chi connectivity index (χ1v) is 4.40. The van der Waals surface area contributed by atoms with Crippen molar-refractivity contribution in [3.8, 4) is 0 Å². The van der Waals surface area contributed by atoms with E-state index < -0.39 is 36.2 Å². The summed E-state index contributed by atoms with van der Waals surface area (Å²) in [6, 6.07) is -2.54. The maximum absolute atomic E-state index is 9.74. The molecule has 105 valence electrons. The van der Waals surface area contributed by atoms with E-state index >= 15 is 0 Å². The molecule has 0 spiro atoms. The number of carbonyl (C=O) groups excluding carboxylic acids is 2. The standard InChI is InChI=1S/2C4H9NO3.Cu/c2*1-2(6)3(5)4(7)8;/h2*2-3,6H,5H2,1H3,(H,7,8);/q;;+2/p-2/t2*2-,3+;/m11./s1. The summed E-state index contributed by atoms with van der Waals surface area (Å²) in [5.74, 6) is -2.86. The Morgan fingerprint density at radius 1 is 0.941 bits per heavy atom. The van der Waals surface area contributed by atoms with Crippen molar-refractivity contribution in [1.82, 2.24) is 0 Å². The average Bonchev–Trinajstić information content (AvgIpc) is 2.15. The number of carboxylic acid groups (broad SMARTS) is 2. The molecule has 6 N–H and O–H groups in total. The summed E-state index contributed by atoms with van der Waals surface area (Å²) >= 11 is 0. The molecule has 0 amide bonds. The summed E-state index contributed by atoms with van der Waals surface area (Å²) in [5, 5.41) is 36.4. The van der Waals surface area contributed by atoms with E-state index in [9.17, 15) is 19.8 Å². The normalized spacial score (nSPS) is 16.4. The Kier molecular flexibility index (Phi) is 13.3. The molecule has 0 aromatic carbocycles. The first-order valence-electron chi connectivity index (χ1n) is 4.40. The molecule has 0 rings (SSSR count). The fraction of sp³-hybridized carbons (Fsp3) is 0.750. The summed E-state index contributed by atoms with van der Waals surface area (Å²) in [5.41, 5.74) is 9.69. The van der Waals surface area contributed by atoms with E-state index in [-0.39, 0.29) is 17.1 Å². The molecule has 0 fully saturated rings. The Balaban J connectivity index is -0.000000218. The molecule has 9 heteroatoms. The first-order chi connectivity index (χ1) is 7.11. The summed E-state index contributed by atoms with van der Waals surface area (Å²) < 4.78 is 0. The van der Waals surface area contributed by atoms with Crippen LogP contribution in [0, 0.1) is 0 Å². The molecule has 0 unspecified atom stereocenters. The molecule has 8 nitrogen and oxygen atoms in total. The van der Waals surface area contributed by atoms with Gasteiger partial charge in [0.2, 0.25) is 0 Å². The number of hydrogen-bond acceptors (Lipinski definition) is 8. The number of aliphatic hydroxyl groups is 2. The van der Waals surface area contributed by atoms with Gasteiger partial charge in [0.25, 0.3) is 0 Å². The van der Waals surface area contributed by atoms with Crippen molar-refractivity contribution in [1.29, 1.82) is 0 Å². The van der Waals surface area contributed by atoms with Gasteiger partial charge < -0.3 is 41.5 Å². The Morgan fingerprint density at radius 3 is 1.12 bits per heavy atom. The van der Waals surface area contributed by atoms with E-state index in [1.807, 2.05) is 0 Å². The minimum Gasteiger partial charge on any atom is -0.548 e. The van der Waals surface area contributed by atoms with E-state index in [1.165, 1.54) is 13.8 Å². The van der Waals surface area contributed by atoms with Crippen LogP contribution >= 0.6 is 0 Å². The van der Waals surface area contributed by atoms with Crippen LogP contribution in [0.2, 0.25) is 0 Å². The molecule has 0 saturated heterocycles. The van der Waals surface area contributed by atoms with Crippen molar-refractivity contribution in [2.24, 2.45) is 11.5 Å². The van der Waals surface area contributed by atoms with Gasteiger partial charge in [-0.3, -0.25) is 0 Å². The third-order valence-corrected chi connectivity index (χ3v) is 1.58. The predicted molar refractivity (Wildman–Crippen MR) is 49.3 cm³/mol. The molecule has 0 aromatic heterocycles. The van der Waals surface area contributed by atoms with Crippen molar-refractivity contribution in [3.63, 3.8) is 0 Å². The molecular formula is C8H16CuN2O6. The van der Waals surface area contributed by atoms with Crippen LogP contribution < -0.4 is 21.7 Å². The molecule has 0 aliphatic rings. The second-order valence-corrected chi connectivity index (χ2v) is 3.17. The zero-order valence-electron chi connectivity index (χ0n) is 9.29. The van der Waals surface area contributed by atoms with E-state index in [4.69, 9.17) is 21.7 Å². The minimum absolute atomic E-state index is 0. The third-order valence-electron chi connectivity index (χ3n) is 1.58. The second-order valence-electron chi connectivity index (χ2n) is 3.17. The van der Waals surface area contributed by atoms with E-state index in [0.29, 0.717) is 0 Å². The van der Waals surface area contributed by atoms with Crippen LogP contribution in [0.25, 0.3) is 0 Å². The number of aliphatic carboxylic acids is 2. The number of aliphatic hydroxyl groups excluding tert-OH is 2. The van der Waals surface area contributed by atoms with Gasteiger partial charge in [0.15, 0.2) is 0 Å². The quantitative estimate of drug-likeness (QED) is 0.373. The van der Waals surface area contributed by atoms with Gasteiger partial charge in [-0.05, 0) is 13.8 Å². The maximum Gasteiger partial charge on any atom is 2.00 e. The Hall–Kier alpha value is -0.701. The van der Waals surface area contributed by atoms with Gasteiger partial charge in [-0.15, -0.1) is 0 Å². The second kappa shape index (κ2) is 10.5. The smallest absolute Gasteiger partial charge is 0.548 e. The van der Waals surface area contributed by atoms with Crippen LogP contribution in [0.4, 0.5) is 0 Å². The number of nitrogens with two attached hydrogens (primary N) is 2. The molecule has 1 radical (unpaired) electrons. The zero-order chi connectivity index (χ0) is 13.5. The summed E-state index contributed by atoms with van der Waals surface area (Å²) in [4.78, 5) is 19.5. The molecule has 0 bridgehead atoms. The summed E-state index contributed by atoms with van der Waals surface area (Å²) in [6.45, 7) is 2.58. The van der Waals surface area contributed by atoms with Crippen molar-refractivity contribution in [2.45, 2.75) is 38.1 Å². The number of rotatable bonds is 4. The number of carbonyl (C=O) groups is 2. The zero-order valence-corrected chi connectivity index (χ0v) is 10.2. The van der Waals surface area contributed by atoms with Crippen molar-refractivity contribution >= 4 is 11.9 Å². The number of carboxylic acids is 2. The Bertz CT molecular complexity index is 212. The molecule has 0 aliphatic heterocycles. The molecule has 17 heavy (non-hydrogen) atoms. The third kappa shape index (κ3) is 11.6. The van der Waals surface area contributed by atoms with Gasteiger partial charge in [-0.2, -0.15) is 0 Å². The van der Waals surface area contributed by atoms with Gasteiger partial charge in [0.05, 0.1) is 36.2 Å². The molecule has 0 aromatic rings. The van der Waals surface area contributed by atoms with Gasteiger partial charge in [-0.1, -0.05) is 0 Å². The molecular weight excluding hydrogens is 284 g/mol. The first kappa shape index (κ1) is 21.6. The topological polar surface area (TPSA) is 173 Å². The van der Waals surface area contributed by atoms with Crippen molar-refractivity contribution in [3.05, 3.63) is 0 Å². The van der Waals surface area contributed by atoms with Crippen LogP contribution in [0.5, 0.6) is 0 Å². The van der Waals surface area contributed by atoms with Crippen LogP contribution in [-0.2, 0) is 26.7 Å². The molecule has 0 heterocycles. The van der Waals surface area contributed by atoms with Gasteiger partial charge >= 0.3 is 17.1 Å². The average molecular weight is 300 g/mol. The largest absolute Gasteiger partial charge is 2.00 e. The van der Waals surface area contributed by atoms with Gasteiger partial charge in [0.1, 0.15) is 0 Å². The molecule has 4 atom stereocenters. The van der Waals surface area contributed by atoms with Crippen LogP contribution in [0.1, 0.15) is 13.8 Å². The fourth-order valence-electron chi connectivity index (χ4n) is 0.394. The Morgan fingerprint density at radius 2 is 1.12 bits per heavy atom. The van der Waals surface area contributed by atoms with Crippen LogP contribution in [0.3, 0.4) is 0 Å². The van der Waals surface area contributed by atoms with Crippen LogP contribution in [-0.4, -0.2) is 46.4 Å². The molecule has 0 saturated carbocycles. The van der Waals surface area contributed by atoms with E-state index in [2.05, 4.69) is 0 Å². The summed E-state index contributed by atoms with van der Waals surface area (Å²) in [7, 11) is 0. The fourth-order valence-corrected chi connectivity index (χ4v) is 0.394. The van der Waals surface area contributed by atoms with Crippen LogP contribution in [0.15, 0.2) is 0 Å². The Labute approximate surface area is 109 Å². The van der Waals surface area contributed by atoms with E-state index in [1.54, 1.807) is 0 Å². The van der Waals surface area contributed by atoms with E-state index in [0.717, 1.165) is 0 Å². The molecule has 0 aliphatic carbocycles. The monoisotopic (exact) mass is 299 g/mol. The van der Waals surface area contributed by atoms with Gasteiger partial charge in [0, 0.05) is 0 Å². The predicted octanol–water partition coefficient (Wildman–Crippen LogP) is -5.11. The minimum atomic E-state index is -1.43. The number of hydrogen-bond donors (Lipinski definition) is 4.